The highest BCUT2D eigenvalue weighted by atomic mass is 32.1. The highest BCUT2D eigenvalue weighted by Gasteiger charge is 2.11. The van der Waals surface area contributed by atoms with Crippen molar-refractivity contribution < 1.29 is 0 Å². The number of fused-ring (bicyclic) bond motifs is 1. The first-order valence-electron chi connectivity index (χ1n) is 6.14. The van der Waals surface area contributed by atoms with Crippen LogP contribution in [0.3, 0.4) is 0 Å². The lowest BCUT2D eigenvalue weighted by molar-refractivity contribution is 1.18. The second kappa shape index (κ2) is 4.95. The van der Waals surface area contributed by atoms with Crippen LogP contribution in [0.15, 0.2) is 36.4 Å². The van der Waals surface area contributed by atoms with Gasteiger partial charge in [-0.3, -0.25) is 0 Å². The Kier molecular flexibility index (Phi) is 3.15. The van der Waals surface area contributed by atoms with E-state index in [2.05, 4.69) is 28.4 Å². The zero-order valence-corrected chi connectivity index (χ0v) is 11.4. The van der Waals surface area contributed by atoms with E-state index < -0.39 is 0 Å². The van der Waals surface area contributed by atoms with Crippen LogP contribution in [0.4, 0.5) is 5.82 Å². The third kappa shape index (κ3) is 2.18. The predicted octanol–water partition coefficient (Wildman–Crippen LogP) is 3.21. The molecule has 0 bridgehead atoms. The quantitative estimate of drug-likeness (QED) is 0.566. The molecule has 0 aliphatic heterocycles. The van der Waals surface area contributed by atoms with Gasteiger partial charge in [-0.25, -0.2) is 15.8 Å². The van der Waals surface area contributed by atoms with Gasteiger partial charge in [-0.05, 0) is 12.5 Å². The molecule has 0 spiro atoms. The molecule has 0 aliphatic carbocycles. The average Bonchev–Trinajstić information content (AvgIpc) is 2.90. The van der Waals surface area contributed by atoms with Crippen molar-refractivity contribution in [2.75, 3.05) is 5.43 Å². The maximum absolute atomic E-state index is 5.58. The molecule has 0 unspecified atom stereocenters. The van der Waals surface area contributed by atoms with Gasteiger partial charge in [-0.15, -0.1) is 11.3 Å². The number of aromatic nitrogens is 2. The summed E-state index contributed by atoms with van der Waals surface area (Å²) in [6, 6.07) is 12.0. The van der Waals surface area contributed by atoms with Crippen molar-refractivity contribution in [3.8, 4) is 11.4 Å². The largest absolute Gasteiger partial charge is 0.308 e. The number of anilines is 1. The molecule has 0 saturated carbocycles. The number of hydrogen-bond acceptors (Lipinski definition) is 5. The monoisotopic (exact) mass is 270 g/mol. The van der Waals surface area contributed by atoms with Gasteiger partial charge in [0.1, 0.15) is 4.83 Å². The number of rotatable bonds is 3. The van der Waals surface area contributed by atoms with E-state index in [0.29, 0.717) is 11.6 Å². The first-order chi connectivity index (χ1) is 9.31. The van der Waals surface area contributed by atoms with Crippen LogP contribution in [0.1, 0.15) is 11.8 Å². The molecule has 0 aliphatic rings. The van der Waals surface area contributed by atoms with E-state index in [0.717, 1.165) is 22.2 Å². The zero-order chi connectivity index (χ0) is 13.2. The molecule has 3 aromatic rings. The second-order valence-corrected chi connectivity index (χ2v) is 5.31. The highest BCUT2D eigenvalue weighted by molar-refractivity contribution is 7.18. The van der Waals surface area contributed by atoms with Gasteiger partial charge in [0.15, 0.2) is 11.6 Å². The summed E-state index contributed by atoms with van der Waals surface area (Å²) in [6.07, 6.45) is 0.992. The van der Waals surface area contributed by atoms with Crippen LogP contribution in [0.2, 0.25) is 0 Å². The van der Waals surface area contributed by atoms with Crippen molar-refractivity contribution in [1.82, 2.24) is 9.97 Å². The minimum atomic E-state index is 0.680. The van der Waals surface area contributed by atoms with Gasteiger partial charge in [0, 0.05) is 10.4 Å². The lowest BCUT2D eigenvalue weighted by atomic mass is 10.2. The van der Waals surface area contributed by atoms with E-state index in [1.54, 1.807) is 11.3 Å². The van der Waals surface area contributed by atoms with E-state index in [4.69, 9.17) is 5.84 Å². The molecule has 2 heterocycles. The fourth-order valence-electron chi connectivity index (χ4n) is 1.97. The first-order valence-corrected chi connectivity index (χ1v) is 6.96. The van der Waals surface area contributed by atoms with Crippen molar-refractivity contribution >= 4 is 27.4 Å². The molecule has 0 saturated heterocycles. The van der Waals surface area contributed by atoms with Crippen molar-refractivity contribution in [3.63, 3.8) is 0 Å². The van der Waals surface area contributed by atoms with Crippen LogP contribution in [0.25, 0.3) is 21.6 Å². The van der Waals surface area contributed by atoms with Crippen LogP contribution in [0.5, 0.6) is 0 Å². The summed E-state index contributed by atoms with van der Waals surface area (Å²) in [5.74, 6) is 6.96. The average molecular weight is 270 g/mol. The number of nitrogens with zero attached hydrogens (tertiary/aromatic N) is 2. The summed E-state index contributed by atoms with van der Waals surface area (Å²) in [7, 11) is 0. The Morgan fingerprint density at radius 3 is 2.68 bits per heavy atom. The number of thiophene rings is 1. The Morgan fingerprint density at radius 2 is 2.00 bits per heavy atom. The van der Waals surface area contributed by atoms with Crippen LogP contribution in [-0.4, -0.2) is 9.97 Å². The SMILES string of the molecule is CCc1cc2c(NN)nc(-c3ccccc3)nc2s1. The number of hydrazine groups is 1. The minimum absolute atomic E-state index is 0.680. The van der Waals surface area contributed by atoms with Crippen molar-refractivity contribution in [2.45, 2.75) is 13.3 Å². The number of nitrogens with one attached hydrogen (secondary N) is 1. The summed E-state index contributed by atoms with van der Waals surface area (Å²) in [5.41, 5.74) is 3.67. The topological polar surface area (TPSA) is 63.8 Å². The molecule has 96 valence electrons. The predicted molar refractivity (Wildman–Crippen MR) is 80.0 cm³/mol. The third-order valence-electron chi connectivity index (χ3n) is 2.96. The van der Waals surface area contributed by atoms with E-state index >= 15 is 0 Å². The van der Waals surface area contributed by atoms with Gasteiger partial charge >= 0.3 is 0 Å². The summed E-state index contributed by atoms with van der Waals surface area (Å²) < 4.78 is 0. The Labute approximate surface area is 115 Å². The fraction of sp³-hybridized carbons (Fsp3) is 0.143. The summed E-state index contributed by atoms with van der Waals surface area (Å²) >= 11 is 1.69. The van der Waals surface area contributed by atoms with Crippen molar-refractivity contribution in [2.24, 2.45) is 5.84 Å². The standard InChI is InChI=1S/C14H14N4S/c1-2-10-8-11-13(18-15)16-12(17-14(11)19-10)9-6-4-3-5-7-9/h3-8H,2,15H2,1H3,(H,16,17,18). The number of nitrogens with two attached hydrogens (primary N) is 1. The number of aryl methyl sites for hydroxylation is 1. The Bertz CT molecular complexity index is 706. The van der Waals surface area contributed by atoms with Crippen LogP contribution < -0.4 is 11.3 Å². The Morgan fingerprint density at radius 1 is 1.21 bits per heavy atom. The molecular weight excluding hydrogens is 256 g/mol. The van der Waals surface area contributed by atoms with Crippen LogP contribution in [-0.2, 0) is 6.42 Å². The van der Waals surface area contributed by atoms with E-state index in [9.17, 15) is 0 Å². The van der Waals surface area contributed by atoms with E-state index in [-0.39, 0.29) is 0 Å². The molecule has 0 amide bonds. The van der Waals surface area contributed by atoms with Crippen LogP contribution in [0, 0.1) is 0 Å². The normalized spacial score (nSPS) is 10.8. The number of nitrogen functional groups attached to an aromatic ring is 1. The maximum Gasteiger partial charge on any atom is 0.163 e. The number of benzene rings is 1. The van der Waals surface area contributed by atoms with Gasteiger partial charge in [0.25, 0.3) is 0 Å². The molecule has 5 heteroatoms. The summed E-state index contributed by atoms with van der Waals surface area (Å²) in [6.45, 7) is 2.13. The second-order valence-electron chi connectivity index (χ2n) is 4.19. The number of hydrogen-bond donors (Lipinski definition) is 2. The molecule has 2 aromatic heterocycles. The minimum Gasteiger partial charge on any atom is -0.308 e. The molecule has 0 radical (unpaired) electrons. The van der Waals surface area contributed by atoms with Gasteiger partial charge in [-0.1, -0.05) is 37.3 Å². The van der Waals surface area contributed by atoms with E-state index in [1.165, 1.54) is 4.88 Å². The lowest BCUT2D eigenvalue weighted by Gasteiger charge is -2.04. The van der Waals surface area contributed by atoms with Gasteiger partial charge < -0.3 is 5.43 Å². The van der Waals surface area contributed by atoms with Gasteiger partial charge in [0.05, 0.1) is 5.39 Å². The molecule has 3 rings (SSSR count). The van der Waals surface area contributed by atoms with Crippen molar-refractivity contribution in [3.05, 3.63) is 41.3 Å². The molecule has 1 aromatic carbocycles. The third-order valence-corrected chi connectivity index (χ3v) is 4.13. The summed E-state index contributed by atoms with van der Waals surface area (Å²) in [4.78, 5) is 11.4. The Hall–Kier alpha value is -1.98. The van der Waals surface area contributed by atoms with Crippen LogP contribution >= 0.6 is 11.3 Å². The Balaban J connectivity index is 2.22. The molecule has 19 heavy (non-hydrogen) atoms. The van der Waals surface area contributed by atoms with E-state index in [1.807, 2.05) is 30.3 Å². The molecule has 0 atom stereocenters. The van der Waals surface area contributed by atoms with Gasteiger partial charge in [0.2, 0.25) is 0 Å². The highest BCUT2D eigenvalue weighted by Crippen LogP contribution is 2.31. The molecular formula is C14H14N4S. The lowest BCUT2D eigenvalue weighted by Crippen LogP contribution is -2.09. The first kappa shape index (κ1) is 12.1. The smallest absolute Gasteiger partial charge is 0.163 e. The molecule has 4 nitrogen and oxygen atoms in total. The fourth-order valence-corrected chi connectivity index (χ4v) is 2.94. The van der Waals surface area contributed by atoms with Gasteiger partial charge in [-0.2, -0.15) is 0 Å². The molecule has 0 fully saturated rings. The zero-order valence-electron chi connectivity index (χ0n) is 10.6. The maximum atomic E-state index is 5.58. The van der Waals surface area contributed by atoms with Crippen molar-refractivity contribution in [1.29, 1.82) is 0 Å². The molecule has 3 N–H and O–H groups in total. The summed E-state index contributed by atoms with van der Waals surface area (Å²) in [5, 5.41) is 0.990.